The molecule has 1 aliphatic rings. The van der Waals surface area contributed by atoms with E-state index in [0.717, 1.165) is 25.7 Å². The maximum Gasteiger partial charge on any atom is 0.0468 e. The quantitative estimate of drug-likeness (QED) is 0.754. The second kappa shape index (κ2) is 5.13. The summed E-state index contributed by atoms with van der Waals surface area (Å²) in [6.45, 7) is 9.60. The molecule has 0 saturated carbocycles. The third-order valence-corrected chi connectivity index (χ3v) is 3.96. The molecule has 84 valence electrons. The monoisotopic (exact) mass is 199 g/mol. The van der Waals surface area contributed by atoms with E-state index in [1.807, 2.05) is 0 Å². The van der Waals surface area contributed by atoms with Crippen molar-refractivity contribution in [1.29, 1.82) is 0 Å². The van der Waals surface area contributed by atoms with Gasteiger partial charge in [-0.25, -0.2) is 0 Å². The average molecular weight is 199 g/mol. The third kappa shape index (κ3) is 2.96. The molecule has 0 aliphatic carbocycles. The van der Waals surface area contributed by atoms with Crippen molar-refractivity contribution in [1.82, 2.24) is 0 Å². The van der Waals surface area contributed by atoms with Crippen molar-refractivity contribution in [3.05, 3.63) is 0 Å². The van der Waals surface area contributed by atoms with E-state index in [4.69, 9.17) is 10.5 Å². The van der Waals surface area contributed by atoms with Crippen molar-refractivity contribution in [2.24, 2.45) is 23.0 Å². The Bertz CT molecular complexity index is 164. The number of hydrogen-bond acceptors (Lipinski definition) is 2. The van der Waals surface area contributed by atoms with Crippen LogP contribution in [0.4, 0.5) is 0 Å². The van der Waals surface area contributed by atoms with Crippen LogP contribution < -0.4 is 5.73 Å². The molecule has 1 atom stereocenters. The summed E-state index contributed by atoms with van der Waals surface area (Å²) >= 11 is 0. The SMILES string of the molecule is CC(C)C(C)(CN)CC1CCOCC1. The first kappa shape index (κ1) is 12.0. The number of ether oxygens (including phenoxy) is 1. The molecule has 2 N–H and O–H groups in total. The molecule has 0 aromatic carbocycles. The summed E-state index contributed by atoms with van der Waals surface area (Å²) in [4.78, 5) is 0. The van der Waals surface area contributed by atoms with Gasteiger partial charge in [-0.1, -0.05) is 20.8 Å². The predicted octanol–water partition coefficient (Wildman–Crippen LogP) is 2.42. The van der Waals surface area contributed by atoms with Gasteiger partial charge in [-0.05, 0) is 43.1 Å². The standard InChI is InChI=1S/C12H25NO/c1-10(2)12(3,9-13)8-11-4-6-14-7-5-11/h10-11H,4-9,13H2,1-3H3. The van der Waals surface area contributed by atoms with Crippen molar-refractivity contribution in [2.75, 3.05) is 19.8 Å². The van der Waals surface area contributed by atoms with E-state index in [2.05, 4.69) is 20.8 Å². The van der Waals surface area contributed by atoms with Gasteiger partial charge in [0.15, 0.2) is 0 Å². The van der Waals surface area contributed by atoms with Gasteiger partial charge < -0.3 is 10.5 Å². The first-order chi connectivity index (χ1) is 6.58. The highest BCUT2D eigenvalue weighted by atomic mass is 16.5. The van der Waals surface area contributed by atoms with Gasteiger partial charge >= 0.3 is 0 Å². The van der Waals surface area contributed by atoms with Gasteiger partial charge in [0, 0.05) is 13.2 Å². The van der Waals surface area contributed by atoms with E-state index in [9.17, 15) is 0 Å². The van der Waals surface area contributed by atoms with Crippen LogP contribution in [0.5, 0.6) is 0 Å². The molecule has 1 saturated heterocycles. The minimum absolute atomic E-state index is 0.321. The normalized spacial score (nSPS) is 23.8. The second-order valence-electron chi connectivity index (χ2n) is 5.27. The molecular formula is C12H25NO. The minimum atomic E-state index is 0.321. The minimum Gasteiger partial charge on any atom is -0.381 e. The van der Waals surface area contributed by atoms with Crippen LogP contribution in [-0.4, -0.2) is 19.8 Å². The fourth-order valence-corrected chi connectivity index (χ4v) is 2.16. The van der Waals surface area contributed by atoms with E-state index < -0.39 is 0 Å². The number of rotatable bonds is 4. The van der Waals surface area contributed by atoms with Crippen molar-refractivity contribution in [2.45, 2.75) is 40.0 Å². The van der Waals surface area contributed by atoms with E-state index in [-0.39, 0.29) is 0 Å². The molecule has 1 aliphatic heterocycles. The highest BCUT2D eigenvalue weighted by Crippen LogP contribution is 2.36. The molecular weight excluding hydrogens is 174 g/mol. The zero-order valence-corrected chi connectivity index (χ0v) is 9.88. The first-order valence-corrected chi connectivity index (χ1v) is 5.86. The molecule has 0 spiro atoms. The predicted molar refractivity (Wildman–Crippen MR) is 60.2 cm³/mol. The van der Waals surface area contributed by atoms with E-state index in [1.165, 1.54) is 19.3 Å². The topological polar surface area (TPSA) is 35.2 Å². The van der Waals surface area contributed by atoms with Gasteiger partial charge in [0.1, 0.15) is 0 Å². The Balaban J connectivity index is 2.46. The molecule has 1 heterocycles. The Hall–Kier alpha value is -0.0800. The molecule has 0 aromatic heterocycles. The van der Waals surface area contributed by atoms with Crippen LogP contribution in [0.15, 0.2) is 0 Å². The lowest BCUT2D eigenvalue weighted by molar-refractivity contribution is 0.0421. The zero-order valence-electron chi connectivity index (χ0n) is 9.88. The molecule has 0 radical (unpaired) electrons. The van der Waals surface area contributed by atoms with E-state index in [0.29, 0.717) is 11.3 Å². The Morgan fingerprint density at radius 1 is 1.36 bits per heavy atom. The highest BCUT2D eigenvalue weighted by Gasteiger charge is 2.30. The first-order valence-electron chi connectivity index (χ1n) is 5.86. The molecule has 0 aromatic rings. The lowest BCUT2D eigenvalue weighted by Crippen LogP contribution is -2.35. The molecule has 14 heavy (non-hydrogen) atoms. The van der Waals surface area contributed by atoms with Crippen LogP contribution in [0.2, 0.25) is 0 Å². The van der Waals surface area contributed by atoms with Gasteiger partial charge in [-0.3, -0.25) is 0 Å². The maximum atomic E-state index is 5.89. The molecule has 2 nitrogen and oxygen atoms in total. The number of nitrogens with two attached hydrogens (primary N) is 1. The Labute approximate surface area is 88.2 Å². The van der Waals surface area contributed by atoms with Gasteiger partial charge in [-0.15, -0.1) is 0 Å². The van der Waals surface area contributed by atoms with Crippen LogP contribution in [0.1, 0.15) is 40.0 Å². The Kier molecular flexibility index (Phi) is 4.39. The largest absolute Gasteiger partial charge is 0.381 e. The summed E-state index contributed by atoms with van der Waals surface area (Å²) in [5.74, 6) is 1.51. The Morgan fingerprint density at radius 3 is 2.36 bits per heavy atom. The summed E-state index contributed by atoms with van der Waals surface area (Å²) in [5.41, 5.74) is 6.22. The summed E-state index contributed by atoms with van der Waals surface area (Å²) in [5, 5.41) is 0. The van der Waals surface area contributed by atoms with Gasteiger partial charge in [0.2, 0.25) is 0 Å². The summed E-state index contributed by atoms with van der Waals surface area (Å²) in [6, 6.07) is 0. The summed E-state index contributed by atoms with van der Waals surface area (Å²) in [6.07, 6.45) is 3.72. The molecule has 0 amide bonds. The van der Waals surface area contributed by atoms with E-state index in [1.54, 1.807) is 0 Å². The lowest BCUT2D eigenvalue weighted by atomic mass is 9.71. The molecule has 0 bridgehead atoms. The second-order valence-corrected chi connectivity index (χ2v) is 5.27. The highest BCUT2D eigenvalue weighted by molar-refractivity contribution is 4.82. The zero-order chi connectivity index (χ0) is 10.6. The maximum absolute atomic E-state index is 5.89. The van der Waals surface area contributed by atoms with Crippen molar-refractivity contribution < 1.29 is 4.74 Å². The lowest BCUT2D eigenvalue weighted by Gasteiger charge is -2.37. The van der Waals surface area contributed by atoms with Crippen molar-refractivity contribution >= 4 is 0 Å². The molecule has 1 rings (SSSR count). The summed E-state index contributed by atoms with van der Waals surface area (Å²) < 4.78 is 5.38. The third-order valence-electron chi connectivity index (χ3n) is 3.96. The molecule has 1 fully saturated rings. The van der Waals surface area contributed by atoms with Crippen LogP contribution in [0.3, 0.4) is 0 Å². The van der Waals surface area contributed by atoms with Crippen LogP contribution in [-0.2, 0) is 4.74 Å². The molecule has 1 unspecified atom stereocenters. The van der Waals surface area contributed by atoms with Gasteiger partial charge in [-0.2, -0.15) is 0 Å². The molecule has 2 heteroatoms. The Morgan fingerprint density at radius 2 is 1.93 bits per heavy atom. The van der Waals surface area contributed by atoms with Crippen LogP contribution in [0, 0.1) is 17.3 Å². The summed E-state index contributed by atoms with van der Waals surface area (Å²) in [7, 11) is 0. The van der Waals surface area contributed by atoms with Crippen molar-refractivity contribution in [3.63, 3.8) is 0 Å². The van der Waals surface area contributed by atoms with Crippen LogP contribution in [0.25, 0.3) is 0 Å². The fourth-order valence-electron chi connectivity index (χ4n) is 2.16. The smallest absolute Gasteiger partial charge is 0.0468 e. The van der Waals surface area contributed by atoms with E-state index >= 15 is 0 Å². The number of hydrogen-bond donors (Lipinski definition) is 1. The fraction of sp³-hybridized carbons (Fsp3) is 1.00. The van der Waals surface area contributed by atoms with Gasteiger partial charge in [0.05, 0.1) is 0 Å². The van der Waals surface area contributed by atoms with Gasteiger partial charge in [0.25, 0.3) is 0 Å². The van der Waals surface area contributed by atoms with Crippen molar-refractivity contribution in [3.8, 4) is 0 Å². The van der Waals surface area contributed by atoms with Crippen LogP contribution >= 0.6 is 0 Å². The average Bonchev–Trinajstić information content (AvgIpc) is 2.19.